The Morgan fingerprint density at radius 2 is 1.80 bits per heavy atom. The molecule has 4 rings (SSSR count). The van der Waals surface area contributed by atoms with E-state index in [-0.39, 0.29) is 6.09 Å². The number of carbonyl (C=O) groups is 1. The number of amides is 1. The number of ether oxygens (including phenoxy) is 1. The van der Waals surface area contributed by atoms with E-state index in [2.05, 4.69) is 21.8 Å². The summed E-state index contributed by atoms with van der Waals surface area (Å²) in [6.45, 7) is 5.72. The number of rotatable bonds is 2. The number of fused-ring (bicyclic) bond motifs is 1. The number of H-pyrrole nitrogens is 1. The van der Waals surface area contributed by atoms with Crippen LogP contribution in [-0.2, 0) is 0 Å². The molecule has 2 aromatic rings. The lowest BCUT2D eigenvalue weighted by atomic mass is 10.0. The molecule has 0 aliphatic carbocycles. The average Bonchev–Trinajstić information content (AvgIpc) is 3.06. The van der Waals surface area contributed by atoms with Crippen LogP contribution in [0.3, 0.4) is 0 Å². The monoisotopic (exact) mass is 342 g/mol. The second-order valence-electron chi connectivity index (χ2n) is 7.12. The first-order chi connectivity index (χ1) is 12.2. The van der Waals surface area contributed by atoms with Crippen molar-refractivity contribution in [1.29, 1.82) is 0 Å². The van der Waals surface area contributed by atoms with E-state index in [9.17, 15) is 4.79 Å². The molecule has 1 amide bonds. The van der Waals surface area contributed by atoms with Crippen molar-refractivity contribution >= 4 is 17.0 Å². The number of carbonyl (C=O) groups excluding carboxylic acids is 1. The van der Waals surface area contributed by atoms with E-state index < -0.39 is 0 Å². The summed E-state index contributed by atoms with van der Waals surface area (Å²) in [7, 11) is 2.19. The predicted octanol–water partition coefficient (Wildman–Crippen LogP) is 2.38. The van der Waals surface area contributed by atoms with Crippen LogP contribution < -0.4 is 4.74 Å². The fourth-order valence-corrected chi connectivity index (χ4v) is 3.92. The number of para-hydroxylation sites is 1. The van der Waals surface area contributed by atoms with E-state index in [4.69, 9.17) is 4.74 Å². The van der Waals surface area contributed by atoms with Gasteiger partial charge in [-0.2, -0.15) is 0 Å². The van der Waals surface area contributed by atoms with Crippen LogP contribution in [0.4, 0.5) is 4.79 Å². The van der Waals surface area contributed by atoms with Crippen LogP contribution in [0.2, 0.25) is 0 Å². The van der Waals surface area contributed by atoms with Gasteiger partial charge in [0.1, 0.15) is 0 Å². The first kappa shape index (κ1) is 16.4. The quantitative estimate of drug-likeness (QED) is 0.910. The van der Waals surface area contributed by atoms with Crippen LogP contribution in [0.15, 0.2) is 30.5 Å². The second kappa shape index (κ2) is 7.06. The maximum Gasteiger partial charge on any atom is 0.415 e. The highest BCUT2D eigenvalue weighted by Gasteiger charge is 2.29. The zero-order valence-electron chi connectivity index (χ0n) is 14.8. The fraction of sp³-hybridized carbons (Fsp3) is 0.526. The average molecular weight is 342 g/mol. The van der Waals surface area contributed by atoms with Gasteiger partial charge in [0.05, 0.1) is 0 Å². The Balaban J connectivity index is 1.32. The van der Waals surface area contributed by atoms with Gasteiger partial charge in [-0.15, -0.1) is 0 Å². The molecule has 1 aromatic heterocycles. The number of likely N-dealkylation sites (tertiary alicyclic amines) is 1. The third-order valence-electron chi connectivity index (χ3n) is 5.53. The van der Waals surface area contributed by atoms with E-state index >= 15 is 0 Å². The molecule has 25 heavy (non-hydrogen) atoms. The first-order valence-electron chi connectivity index (χ1n) is 9.16. The second-order valence-corrected chi connectivity index (χ2v) is 7.12. The number of aromatic nitrogens is 1. The van der Waals surface area contributed by atoms with Gasteiger partial charge in [0, 0.05) is 49.3 Å². The molecule has 0 spiro atoms. The smallest absolute Gasteiger partial charge is 0.408 e. The predicted molar refractivity (Wildman–Crippen MR) is 98.0 cm³/mol. The van der Waals surface area contributed by atoms with Gasteiger partial charge in [-0.3, -0.25) is 4.90 Å². The first-order valence-corrected chi connectivity index (χ1v) is 9.16. The summed E-state index contributed by atoms with van der Waals surface area (Å²) in [5.41, 5.74) is 0.984. The zero-order valence-corrected chi connectivity index (χ0v) is 14.8. The van der Waals surface area contributed by atoms with Crippen LogP contribution >= 0.6 is 0 Å². The van der Waals surface area contributed by atoms with Gasteiger partial charge in [0.2, 0.25) is 0 Å². The Kier molecular flexibility index (Phi) is 4.63. The molecule has 0 radical (unpaired) electrons. The van der Waals surface area contributed by atoms with Gasteiger partial charge in [-0.05, 0) is 45.1 Å². The van der Waals surface area contributed by atoms with Crippen molar-refractivity contribution in [2.24, 2.45) is 0 Å². The minimum Gasteiger partial charge on any atom is -0.408 e. The molecule has 134 valence electrons. The summed E-state index contributed by atoms with van der Waals surface area (Å²) >= 11 is 0. The Morgan fingerprint density at radius 1 is 1.08 bits per heavy atom. The summed E-state index contributed by atoms with van der Waals surface area (Å²) in [6, 6.07) is 8.53. The molecule has 1 aromatic carbocycles. The lowest BCUT2D eigenvalue weighted by Gasteiger charge is -2.41. The van der Waals surface area contributed by atoms with Crippen LogP contribution in [0, 0.1) is 0 Å². The molecule has 0 saturated carbocycles. The molecule has 0 unspecified atom stereocenters. The number of benzene rings is 1. The maximum absolute atomic E-state index is 12.5. The van der Waals surface area contributed by atoms with Crippen LogP contribution in [0.1, 0.15) is 12.8 Å². The molecule has 0 atom stereocenters. The minimum atomic E-state index is -0.243. The molecular weight excluding hydrogens is 316 g/mol. The Labute approximate surface area is 148 Å². The molecular formula is C19H26N4O2. The molecule has 2 fully saturated rings. The van der Waals surface area contributed by atoms with Crippen molar-refractivity contribution < 1.29 is 9.53 Å². The highest BCUT2D eigenvalue weighted by molar-refractivity contribution is 5.88. The standard InChI is InChI=1S/C19H26N4O2/c1-21-8-6-15(7-9-21)22-10-12-23(13-11-22)19(24)25-18-14-20-17-5-3-2-4-16(17)18/h2-5,14-15,20H,6-13H2,1H3. The lowest BCUT2D eigenvalue weighted by molar-refractivity contribution is 0.0647. The Morgan fingerprint density at radius 3 is 2.56 bits per heavy atom. The van der Waals surface area contributed by atoms with E-state index in [1.54, 1.807) is 6.20 Å². The number of hydrogen-bond donors (Lipinski definition) is 1. The summed E-state index contributed by atoms with van der Waals surface area (Å²) < 4.78 is 5.63. The third-order valence-corrected chi connectivity index (χ3v) is 5.53. The number of piperazine rings is 1. The van der Waals surface area contributed by atoms with Gasteiger partial charge in [-0.1, -0.05) is 12.1 Å². The fourth-order valence-electron chi connectivity index (χ4n) is 3.92. The minimum absolute atomic E-state index is 0.243. The highest BCUT2D eigenvalue weighted by Crippen LogP contribution is 2.25. The number of nitrogens with zero attached hydrogens (tertiary/aromatic N) is 3. The third kappa shape index (κ3) is 3.50. The van der Waals surface area contributed by atoms with Crippen molar-refractivity contribution in [3.05, 3.63) is 30.5 Å². The lowest BCUT2D eigenvalue weighted by Crippen LogP contribution is -2.54. The summed E-state index contributed by atoms with van der Waals surface area (Å²) in [5.74, 6) is 0.610. The summed E-state index contributed by atoms with van der Waals surface area (Å²) in [5, 5.41) is 0.945. The normalized spacial score (nSPS) is 20.9. The molecule has 2 aliphatic heterocycles. The number of piperidine rings is 1. The molecule has 2 saturated heterocycles. The van der Waals surface area contributed by atoms with Crippen molar-refractivity contribution in [3.63, 3.8) is 0 Å². The number of hydrogen-bond acceptors (Lipinski definition) is 4. The SMILES string of the molecule is CN1CCC(N2CCN(C(=O)Oc3c[nH]c4ccccc34)CC2)CC1. The van der Waals surface area contributed by atoms with E-state index in [0.717, 1.165) is 37.1 Å². The van der Waals surface area contributed by atoms with Gasteiger partial charge in [0.15, 0.2) is 5.75 Å². The van der Waals surface area contributed by atoms with Gasteiger partial charge in [0.25, 0.3) is 0 Å². The van der Waals surface area contributed by atoms with Crippen LogP contribution in [-0.4, -0.2) is 78.1 Å². The van der Waals surface area contributed by atoms with E-state index in [1.807, 2.05) is 29.2 Å². The Bertz CT molecular complexity index is 728. The van der Waals surface area contributed by atoms with E-state index in [1.165, 1.54) is 25.9 Å². The number of aromatic amines is 1. The number of nitrogens with one attached hydrogen (secondary N) is 1. The van der Waals surface area contributed by atoms with Crippen LogP contribution in [0.5, 0.6) is 5.75 Å². The molecule has 6 heteroatoms. The molecule has 1 N–H and O–H groups in total. The molecule has 6 nitrogen and oxygen atoms in total. The summed E-state index contributed by atoms with van der Waals surface area (Å²) in [6.07, 6.45) is 3.98. The van der Waals surface area contributed by atoms with Crippen molar-refractivity contribution in [3.8, 4) is 5.75 Å². The van der Waals surface area contributed by atoms with Crippen LogP contribution in [0.25, 0.3) is 10.9 Å². The van der Waals surface area contributed by atoms with Gasteiger partial charge in [-0.25, -0.2) is 4.79 Å². The van der Waals surface area contributed by atoms with Crippen molar-refractivity contribution in [1.82, 2.24) is 19.7 Å². The van der Waals surface area contributed by atoms with E-state index in [0.29, 0.717) is 11.8 Å². The maximum atomic E-state index is 12.5. The summed E-state index contributed by atoms with van der Waals surface area (Å²) in [4.78, 5) is 22.4. The topological polar surface area (TPSA) is 51.8 Å². The molecule has 2 aliphatic rings. The van der Waals surface area contributed by atoms with Gasteiger partial charge >= 0.3 is 6.09 Å². The highest BCUT2D eigenvalue weighted by atomic mass is 16.6. The van der Waals surface area contributed by atoms with Gasteiger partial charge < -0.3 is 19.5 Å². The Hall–Kier alpha value is -2.05. The van der Waals surface area contributed by atoms with Crippen molar-refractivity contribution in [2.75, 3.05) is 46.3 Å². The van der Waals surface area contributed by atoms with Crippen molar-refractivity contribution in [2.45, 2.75) is 18.9 Å². The zero-order chi connectivity index (χ0) is 17.2. The molecule has 0 bridgehead atoms. The molecule has 3 heterocycles. The largest absolute Gasteiger partial charge is 0.415 e.